The number of hydrogen-bond donors (Lipinski definition) is 2. The van der Waals surface area contributed by atoms with E-state index in [1.807, 2.05) is 12.1 Å². The molecule has 128 valence electrons. The van der Waals surface area contributed by atoms with E-state index >= 15 is 0 Å². The predicted molar refractivity (Wildman–Crippen MR) is 96.9 cm³/mol. The van der Waals surface area contributed by atoms with E-state index in [1.165, 1.54) is 11.6 Å². The van der Waals surface area contributed by atoms with Crippen LogP contribution < -0.4 is 10.9 Å². The molecule has 0 bridgehead atoms. The average Bonchev–Trinajstić information content (AvgIpc) is 3.07. The fraction of sp³-hybridized carbons (Fsp3) is 0.263. The minimum absolute atomic E-state index is 0.265. The van der Waals surface area contributed by atoms with E-state index in [9.17, 15) is 10.0 Å². The van der Waals surface area contributed by atoms with Gasteiger partial charge in [0.2, 0.25) is 0 Å². The summed E-state index contributed by atoms with van der Waals surface area (Å²) in [5.41, 5.74) is 1.83. The van der Waals surface area contributed by atoms with E-state index in [4.69, 9.17) is 0 Å². The third-order valence-corrected chi connectivity index (χ3v) is 4.64. The Balaban J connectivity index is 1.51. The average molecular weight is 336 g/mol. The van der Waals surface area contributed by atoms with Gasteiger partial charge in [-0.2, -0.15) is 0 Å². The van der Waals surface area contributed by atoms with Crippen LogP contribution in [0.25, 0.3) is 11.0 Å². The molecule has 1 aliphatic heterocycles. The molecule has 1 aromatic carbocycles. The first-order valence-corrected chi connectivity index (χ1v) is 8.43. The fourth-order valence-electron chi connectivity index (χ4n) is 3.42. The zero-order valence-electron chi connectivity index (χ0n) is 13.8. The van der Waals surface area contributed by atoms with Gasteiger partial charge in [0.1, 0.15) is 0 Å². The molecule has 1 fully saturated rings. The van der Waals surface area contributed by atoms with Crippen LogP contribution in [0.4, 0.5) is 5.69 Å². The second kappa shape index (κ2) is 6.57. The number of pyridine rings is 2. The lowest BCUT2D eigenvalue weighted by Gasteiger charge is -2.18. The van der Waals surface area contributed by atoms with E-state index in [0.29, 0.717) is 4.73 Å². The van der Waals surface area contributed by atoms with Crippen LogP contribution >= 0.6 is 0 Å². The third kappa shape index (κ3) is 3.21. The van der Waals surface area contributed by atoms with Gasteiger partial charge in [-0.15, -0.1) is 4.73 Å². The largest absolute Gasteiger partial charge is 0.423 e. The number of rotatable bonds is 4. The highest BCUT2D eigenvalue weighted by molar-refractivity contribution is 5.88. The smallest absolute Gasteiger partial charge is 0.286 e. The van der Waals surface area contributed by atoms with E-state index in [1.54, 1.807) is 12.3 Å². The van der Waals surface area contributed by atoms with Crippen LogP contribution in [0.2, 0.25) is 0 Å². The number of nitrogens with zero attached hydrogens (tertiary/aromatic N) is 3. The molecular formula is C19H20N4O2. The van der Waals surface area contributed by atoms with Crippen LogP contribution in [-0.2, 0) is 6.54 Å². The van der Waals surface area contributed by atoms with Gasteiger partial charge in [-0.3, -0.25) is 9.69 Å². The van der Waals surface area contributed by atoms with Gasteiger partial charge in [-0.25, -0.2) is 4.98 Å². The van der Waals surface area contributed by atoms with Crippen molar-refractivity contribution < 1.29 is 5.21 Å². The molecule has 0 amide bonds. The lowest BCUT2D eigenvalue weighted by atomic mass is 10.2. The molecule has 0 aliphatic carbocycles. The molecule has 3 aromatic rings. The minimum atomic E-state index is -0.479. The quantitative estimate of drug-likeness (QED) is 0.716. The third-order valence-electron chi connectivity index (χ3n) is 4.64. The normalized spacial score (nSPS) is 17.8. The summed E-state index contributed by atoms with van der Waals surface area (Å²) >= 11 is 0. The Labute approximate surface area is 145 Å². The van der Waals surface area contributed by atoms with Crippen molar-refractivity contribution in [1.82, 2.24) is 14.6 Å². The summed E-state index contributed by atoms with van der Waals surface area (Å²) in [5, 5.41) is 14.1. The molecule has 2 aromatic heterocycles. The number of nitrogens with one attached hydrogen (secondary N) is 1. The monoisotopic (exact) mass is 336 g/mol. The number of fused-ring (bicyclic) bond motifs is 1. The van der Waals surface area contributed by atoms with Crippen LogP contribution in [-0.4, -0.2) is 39.0 Å². The maximum atomic E-state index is 12.0. The summed E-state index contributed by atoms with van der Waals surface area (Å²) < 4.78 is 0.594. The lowest BCUT2D eigenvalue weighted by molar-refractivity contribution is 0.187. The van der Waals surface area contributed by atoms with Crippen LogP contribution in [0.3, 0.4) is 0 Å². The van der Waals surface area contributed by atoms with Crippen LogP contribution in [0.5, 0.6) is 0 Å². The first-order valence-electron chi connectivity index (χ1n) is 8.43. The summed E-state index contributed by atoms with van der Waals surface area (Å²) in [7, 11) is 0. The van der Waals surface area contributed by atoms with Gasteiger partial charge >= 0.3 is 0 Å². The van der Waals surface area contributed by atoms with Crippen molar-refractivity contribution in [2.24, 2.45) is 0 Å². The topological polar surface area (TPSA) is 70.4 Å². The van der Waals surface area contributed by atoms with Crippen molar-refractivity contribution in [2.45, 2.75) is 19.0 Å². The van der Waals surface area contributed by atoms with E-state index in [2.05, 4.69) is 39.5 Å². The molecule has 3 heterocycles. The molecule has 4 rings (SSSR count). The molecule has 2 N–H and O–H groups in total. The first-order chi connectivity index (χ1) is 12.2. The summed E-state index contributed by atoms with van der Waals surface area (Å²) in [4.78, 5) is 18.5. The molecule has 0 spiro atoms. The first kappa shape index (κ1) is 15.7. The van der Waals surface area contributed by atoms with Gasteiger partial charge in [0.25, 0.3) is 5.56 Å². The molecule has 1 saturated heterocycles. The molecule has 1 atom stereocenters. The molecule has 1 aliphatic rings. The van der Waals surface area contributed by atoms with E-state index < -0.39 is 5.56 Å². The number of hydrogen-bond acceptors (Lipinski definition) is 5. The van der Waals surface area contributed by atoms with Gasteiger partial charge < -0.3 is 10.5 Å². The van der Waals surface area contributed by atoms with Crippen LogP contribution in [0.15, 0.2) is 59.5 Å². The summed E-state index contributed by atoms with van der Waals surface area (Å²) in [6.07, 6.45) is 2.58. The van der Waals surface area contributed by atoms with Crippen molar-refractivity contribution in [3.8, 4) is 0 Å². The Bertz CT molecular complexity index is 939. The zero-order valence-corrected chi connectivity index (χ0v) is 13.8. The van der Waals surface area contributed by atoms with Crippen LogP contribution in [0, 0.1) is 0 Å². The molecule has 6 heteroatoms. The summed E-state index contributed by atoms with van der Waals surface area (Å²) in [6, 6.07) is 15.8. The molecule has 0 saturated carbocycles. The van der Waals surface area contributed by atoms with Gasteiger partial charge in [0, 0.05) is 43.3 Å². The Morgan fingerprint density at radius 1 is 1.20 bits per heavy atom. The van der Waals surface area contributed by atoms with Crippen molar-refractivity contribution in [3.63, 3.8) is 0 Å². The second-order valence-electron chi connectivity index (χ2n) is 6.43. The van der Waals surface area contributed by atoms with Gasteiger partial charge in [-0.1, -0.05) is 30.3 Å². The second-order valence-corrected chi connectivity index (χ2v) is 6.43. The number of anilines is 1. The van der Waals surface area contributed by atoms with Crippen LogP contribution in [0.1, 0.15) is 12.0 Å². The standard InChI is InChI=1S/C19H20N4O2/c24-18-11-17(16-7-4-9-20-19(16)23(18)25)21-15-8-10-22(13-15)12-14-5-2-1-3-6-14/h1-7,9,11,15,21,25H,8,10,12-13H2. The highest BCUT2D eigenvalue weighted by atomic mass is 16.5. The van der Waals surface area contributed by atoms with Crippen molar-refractivity contribution >= 4 is 16.7 Å². The molecule has 25 heavy (non-hydrogen) atoms. The Morgan fingerprint density at radius 3 is 2.88 bits per heavy atom. The fourth-order valence-corrected chi connectivity index (χ4v) is 3.42. The van der Waals surface area contributed by atoms with Crippen molar-refractivity contribution in [2.75, 3.05) is 18.4 Å². The highest BCUT2D eigenvalue weighted by Crippen LogP contribution is 2.23. The molecule has 6 nitrogen and oxygen atoms in total. The van der Waals surface area contributed by atoms with Gasteiger partial charge in [0.15, 0.2) is 5.65 Å². The Hall–Kier alpha value is -2.86. The molecule has 0 radical (unpaired) electrons. The van der Waals surface area contributed by atoms with Crippen molar-refractivity contribution in [3.05, 3.63) is 70.6 Å². The minimum Gasteiger partial charge on any atom is -0.423 e. The lowest BCUT2D eigenvalue weighted by Crippen LogP contribution is -2.27. The number of likely N-dealkylation sites (tertiary alicyclic amines) is 1. The Morgan fingerprint density at radius 2 is 2.04 bits per heavy atom. The number of aromatic nitrogens is 2. The highest BCUT2D eigenvalue weighted by Gasteiger charge is 2.23. The van der Waals surface area contributed by atoms with Gasteiger partial charge in [-0.05, 0) is 24.1 Å². The maximum Gasteiger partial charge on any atom is 0.286 e. The molecule has 1 unspecified atom stereocenters. The predicted octanol–water partition coefficient (Wildman–Crippen LogP) is 2.32. The van der Waals surface area contributed by atoms with Gasteiger partial charge in [0.05, 0.1) is 5.69 Å². The Kier molecular flexibility index (Phi) is 4.11. The maximum absolute atomic E-state index is 12.0. The summed E-state index contributed by atoms with van der Waals surface area (Å²) in [6.45, 7) is 2.86. The summed E-state index contributed by atoms with van der Waals surface area (Å²) in [5.74, 6) is 0. The SMILES string of the molecule is O=c1cc(NC2CCN(Cc3ccccc3)C2)c2cccnc2n1O. The molecular weight excluding hydrogens is 316 g/mol. The van der Waals surface area contributed by atoms with E-state index in [0.717, 1.165) is 37.1 Å². The zero-order chi connectivity index (χ0) is 17.2. The van der Waals surface area contributed by atoms with E-state index in [-0.39, 0.29) is 11.7 Å². The number of benzene rings is 1. The van der Waals surface area contributed by atoms with Crippen molar-refractivity contribution in [1.29, 1.82) is 0 Å².